The van der Waals surface area contributed by atoms with E-state index in [1.54, 1.807) is 35.3 Å². The molecule has 2 heterocycles. The van der Waals surface area contributed by atoms with Crippen molar-refractivity contribution in [1.29, 1.82) is 0 Å². The van der Waals surface area contributed by atoms with Crippen molar-refractivity contribution in [1.82, 2.24) is 14.7 Å². The van der Waals surface area contributed by atoms with E-state index in [4.69, 9.17) is 6.42 Å². The lowest BCUT2D eigenvalue weighted by Gasteiger charge is -2.27. The largest absolute Gasteiger partial charge is 0.384 e. The molecular weight excluding hydrogens is 384 g/mol. The quantitative estimate of drug-likeness (QED) is 0.340. The van der Waals surface area contributed by atoms with Crippen LogP contribution in [0.1, 0.15) is 52.0 Å². The van der Waals surface area contributed by atoms with Crippen molar-refractivity contribution in [2.45, 2.75) is 38.3 Å². The van der Waals surface area contributed by atoms with Gasteiger partial charge in [0.1, 0.15) is 5.78 Å². The van der Waals surface area contributed by atoms with Crippen LogP contribution in [0.15, 0.2) is 30.6 Å². The van der Waals surface area contributed by atoms with Gasteiger partial charge in [0, 0.05) is 31.4 Å². The molecule has 4 rings (SSSR count). The number of rotatable bonds is 6. The van der Waals surface area contributed by atoms with Gasteiger partial charge in [-0.2, -0.15) is 5.10 Å². The molecule has 1 aromatic carbocycles. The van der Waals surface area contributed by atoms with Gasteiger partial charge in [0.05, 0.1) is 35.3 Å². The SMILES string of the molecule is C#Cc1cnn(CCCNc2cccc3c2C(=O)N(C2CCC(=O)CC2=O)C3=O)c1. The van der Waals surface area contributed by atoms with E-state index in [-0.39, 0.29) is 42.0 Å². The van der Waals surface area contributed by atoms with E-state index in [9.17, 15) is 19.2 Å². The van der Waals surface area contributed by atoms with Crippen LogP contribution in [0.4, 0.5) is 5.69 Å². The summed E-state index contributed by atoms with van der Waals surface area (Å²) in [5.74, 6) is 1.03. The van der Waals surface area contributed by atoms with Gasteiger partial charge in [-0.1, -0.05) is 12.0 Å². The number of anilines is 1. The third-order valence-electron chi connectivity index (χ3n) is 5.38. The second-order valence-electron chi connectivity index (χ2n) is 7.36. The average molecular weight is 404 g/mol. The van der Waals surface area contributed by atoms with Gasteiger partial charge in [-0.25, -0.2) is 0 Å². The van der Waals surface area contributed by atoms with Crippen molar-refractivity contribution < 1.29 is 19.2 Å². The summed E-state index contributed by atoms with van der Waals surface area (Å²) in [5.41, 5.74) is 1.82. The Morgan fingerprint density at radius 3 is 2.77 bits per heavy atom. The van der Waals surface area contributed by atoms with Crippen LogP contribution in [0, 0.1) is 12.3 Å². The first-order valence-corrected chi connectivity index (χ1v) is 9.78. The predicted molar refractivity (Wildman–Crippen MR) is 108 cm³/mol. The lowest BCUT2D eigenvalue weighted by atomic mass is 9.92. The Morgan fingerprint density at radius 1 is 1.20 bits per heavy atom. The number of Topliss-reactive ketones (excluding diaryl/α,β-unsaturated/α-hetero) is 2. The topological polar surface area (TPSA) is 101 Å². The zero-order valence-corrected chi connectivity index (χ0v) is 16.3. The molecule has 0 bridgehead atoms. The minimum Gasteiger partial charge on any atom is -0.384 e. The molecule has 8 nitrogen and oxygen atoms in total. The van der Waals surface area contributed by atoms with E-state index in [1.807, 2.05) is 0 Å². The molecule has 1 atom stereocenters. The van der Waals surface area contributed by atoms with Crippen molar-refractivity contribution in [2.75, 3.05) is 11.9 Å². The number of nitrogens with one attached hydrogen (secondary N) is 1. The van der Waals surface area contributed by atoms with Crippen molar-refractivity contribution in [2.24, 2.45) is 0 Å². The van der Waals surface area contributed by atoms with Gasteiger partial charge in [0.25, 0.3) is 11.8 Å². The summed E-state index contributed by atoms with van der Waals surface area (Å²) >= 11 is 0. The van der Waals surface area contributed by atoms with E-state index in [2.05, 4.69) is 16.3 Å². The monoisotopic (exact) mass is 404 g/mol. The van der Waals surface area contributed by atoms with E-state index < -0.39 is 17.9 Å². The average Bonchev–Trinajstić information content (AvgIpc) is 3.29. The Labute approximate surface area is 173 Å². The maximum atomic E-state index is 13.0. The van der Waals surface area contributed by atoms with Crippen LogP contribution >= 0.6 is 0 Å². The smallest absolute Gasteiger partial charge is 0.264 e. The fourth-order valence-corrected chi connectivity index (χ4v) is 3.89. The van der Waals surface area contributed by atoms with Gasteiger partial charge >= 0.3 is 0 Å². The van der Waals surface area contributed by atoms with Gasteiger partial charge in [0.2, 0.25) is 0 Å². The highest BCUT2D eigenvalue weighted by Gasteiger charge is 2.45. The lowest BCUT2D eigenvalue weighted by Crippen LogP contribution is -2.47. The predicted octanol–water partition coefficient (Wildman–Crippen LogP) is 1.65. The minimum atomic E-state index is -0.867. The molecule has 152 valence electrons. The molecule has 1 fully saturated rings. The summed E-state index contributed by atoms with van der Waals surface area (Å²) in [6.07, 6.45) is 9.63. The number of hydrogen-bond donors (Lipinski definition) is 1. The number of amides is 2. The molecular formula is C22H20N4O4. The second kappa shape index (κ2) is 7.95. The summed E-state index contributed by atoms with van der Waals surface area (Å²) in [7, 11) is 0. The standard InChI is InChI=1S/C22H20N4O4/c1-2-14-12-24-25(13-14)10-4-9-23-17-6-3-5-16-20(17)22(30)26(21(16)29)18-8-7-15(27)11-19(18)28/h1,3,5-6,12-13,18,23H,4,7-11H2. The van der Waals surface area contributed by atoms with E-state index in [0.717, 1.165) is 11.3 Å². The molecule has 1 aliphatic carbocycles. The molecule has 1 N–H and O–H groups in total. The number of fused-ring (bicyclic) bond motifs is 1. The Balaban J connectivity index is 1.45. The highest BCUT2D eigenvalue weighted by atomic mass is 16.2. The van der Waals surface area contributed by atoms with Crippen LogP contribution in [0.3, 0.4) is 0 Å². The van der Waals surface area contributed by atoms with Crippen LogP contribution in [-0.4, -0.2) is 50.6 Å². The lowest BCUT2D eigenvalue weighted by molar-refractivity contribution is -0.132. The van der Waals surface area contributed by atoms with Crippen LogP contribution < -0.4 is 5.32 Å². The van der Waals surface area contributed by atoms with Gasteiger partial charge in [0.15, 0.2) is 5.78 Å². The van der Waals surface area contributed by atoms with Crippen molar-refractivity contribution in [3.63, 3.8) is 0 Å². The number of hydrogen-bond acceptors (Lipinski definition) is 6. The first-order chi connectivity index (χ1) is 14.5. The van der Waals surface area contributed by atoms with Crippen LogP contribution in [0.5, 0.6) is 0 Å². The molecule has 2 aromatic rings. The number of imide groups is 1. The first-order valence-electron chi connectivity index (χ1n) is 9.78. The number of ketones is 2. The minimum absolute atomic E-state index is 0.151. The van der Waals surface area contributed by atoms with Crippen molar-refractivity contribution >= 4 is 29.1 Å². The maximum Gasteiger partial charge on any atom is 0.264 e. The van der Waals surface area contributed by atoms with E-state index >= 15 is 0 Å². The molecule has 2 aliphatic rings. The van der Waals surface area contributed by atoms with Gasteiger partial charge in [-0.05, 0) is 25.0 Å². The highest BCUT2D eigenvalue weighted by molar-refractivity contribution is 6.25. The zero-order valence-electron chi connectivity index (χ0n) is 16.3. The Morgan fingerprint density at radius 2 is 2.03 bits per heavy atom. The number of benzene rings is 1. The fourth-order valence-electron chi connectivity index (χ4n) is 3.89. The summed E-state index contributed by atoms with van der Waals surface area (Å²) in [6, 6.07) is 4.16. The van der Waals surface area contributed by atoms with Gasteiger partial charge < -0.3 is 5.32 Å². The number of terminal acetylenes is 1. The van der Waals surface area contributed by atoms with E-state index in [1.165, 1.54) is 0 Å². The molecule has 1 unspecified atom stereocenters. The third-order valence-corrected chi connectivity index (χ3v) is 5.38. The number of nitrogens with zero attached hydrogens (tertiary/aromatic N) is 3. The number of carbonyl (C=O) groups is 4. The number of carbonyl (C=O) groups excluding carboxylic acids is 4. The molecule has 30 heavy (non-hydrogen) atoms. The van der Waals surface area contributed by atoms with Crippen LogP contribution in [-0.2, 0) is 16.1 Å². The van der Waals surface area contributed by atoms with Crippen LogP contribution in [0.2, 0.25) is 0 Å². The Hall–Kier alpha value is -3.73. The van der Waals surface area contributed by atoms with Crippen LogP contribution in [0.25, 0.3) is 0 Å². The van der Waals surface area contributed by atoms with Gasteiger partial charge in [-0.3, -0.25) is 28.8 Å². The molecule has 1 aromatic heterocycles. The number of aromatic nitrogens is 2. The molecule has 1 saturated carbocycles. The summed E-state index contributed by atoms with van der Waals surface area (Å²) in [5, 5.41) is 7.38. The molecule has 0 saturated heterocycles. The molecule has 0 radical (unpaired) electrons. The second-order valence-corrected chi connectivity index (χ2v) is 7.36. The Kier molecular flexibility index (Phi) is 5.19. The summed E-state index contributed by atoms with van der Waals surface area (Å²) in [4.78, 5) is 50.7. The van der Waals surface area contributed by atoms with E-state index in [0.29, 0.717) is 24.3 Å². The summed E-state index contributed by atoms with van der Waals surface area (Å²) in [6.45, 7) is 1.20. The van der Waals surface area contributed by atoms with Gasteiger partial charge in [-0.15, -0.1) is 6.42 Å². The first kappa shape index (κ1) is 19.6. The fraction of sp³-hybridized carbons (Fsp3) is 0.318. The maximum absolute atomic E-state index is 13.0. The normalized spacial score (nSPS) is 18.5. The zero-order chi connectivity index (χ0) is 21.3. The third kappa shape index (κ3) is 3.50. The Bertz CT molecular complexity index is 1090. The van der Waals surface area contributed by atoms with Crippen molar-refractivity contribution in [3.8, 4) is 12.3 Å². The van der Waals surface area contributed by atoms with Crippen molar-refractivity contribution in [3.05, 3.63) is 47.3 Å². The molecule has 8 heteroatoms. The molecule has 0 spiro atoms. The summed E-state index contributed by atoms with van der Waals surface area (Å²) < 4.78 is 1.75. The number of aryl methyl sites for hydroxylation is 1. The molecule has 1 aliphatic heterocycles. The molecule has 2 amide bonds. The highest BCUT2D eigenvalue weighted by Crippen LogP contribution is 2.33.